The van der Waals surface area contributed by atoms with Gasteiger partial charge in [0.2, 0.25) is 0 Å². The maximum atomic E-state index is 13.0. The summed E-state index contributed by atoms with van der Waals surface area (Å²) >= 11 is 0. The number of aromatic carboxylic acids is 1. The van der Waals surface area contributed by atoms with Crippen molar-refractivity contribution in [3.63, 3.8) is 0 Å². The Morgan fingerprint density at radius 2 is 1.71 bits per heavy atom. The van der Waals surface area contributed by atoms with Crippen molar-refractivity contribution in [1.82, 2.24) is 0 Å². The number of carbonyl (C=O) groups is 3. The molecule has 3 aromatic carbocycles. The number of anilines is 2. The molecule has 0 aliphatic heterocycles. The molecule has 2 amide bonds. The van der Waals surface area contributed by atoms with Gasteiger partial charge in [-0.25, -0.2) is 9.18 Å². The lowest BCUT2D eigenvalue weighted by molar-refractivity contribution is -0.118. The molecule has 0 aliphatic carbocycles. The number of benzene rings is 3. The fraction of sp³-hybridized carbons (Fsp3) is 0.0400. The van der Waals surface area contributed by atoms with Crippen LogP contribution >= 0.6 is 0 Å². The van der Waals surface area contributed by atoms with Gasteiger partial charge in [0.15, 0.2) is 6.61 Å². The first-order valence-electron chi connectivity index (χ1n) is 9.89. The molecule has 3 N–H and O–H groups in total. The third-order valence-corrected chi connectivity index (χ3v) is 4.44. The standard InChI is InChI=1S/C25H18FN3O5/c26-19-8-10-20(11-9-19)28-23(30)15-34-22-7-2-1-4-16(22)12-18(14-27)24(31)29-21-6-3-5-17(13-21)25(32)33/h1-13H,15H2,(H,28,30)(H,29,31)(H,32,33)/b18-12-. The van der Waals surface area contributed by atoms with Gasteiger partial charge < -0.3 is 20.5 Å². The van der Waals surface area contributed by atoms with Gasteiger partial charge in [0.05, 0.1) is 5.56 Å². The van der Waals surface area contributed by atoms with E-state index < -0.39 is 23.6 Å². The molecule has 0 saturated carbocycles. The maximum Gasteiger partial charge on any atom is 0.335 e. The molecule has 0 heterocycles. The summed E-state index contributed by atoms with van der Waals surface area (Å²) in [4.78, 5) is 35.8. The number of carbonyl (C=O) groups excluding carboxylic acids is 2. The minimum atomic E-state index is -1.15. The van der Waals surface area contributed by atoms with Crippen molar-refractivity contribution < 1.29 is 28.6 Å². The third-order valence-electron chi connectivity index (χ3n) is 4.44. The van der Waals surface area contributed by atoms with Crippen molar-refractivity contribution in [3.8, 4) is 11.8 Å². The Morgan fingerprint density at radius 1 is 0.971 bits per heavy atom. The summed E-state index contributed by atoms with van der Waals surface area (Å²) in [6.07, 6.45) is 1.30. The topological polar surface area (TPSA) is 129 Å². The number of halogens is 1. The highest BCUT2D eigenvalue weighted by Gasteiger charge is 2.13. The molecule has 170 valence electrons. The number of nitriles is 1. The van der Waals surface area contributed by atoms with E-state index in [-0.39, 0.29) is 29.2 Å². The highest BCUT2D eigenvalue weighted by atomic mass is 19.1. The summed E-state index contributed by atoms with van der Waals surface area (Å²) in [6.45, 7) is -0.363. The largest absolute Gasteiger partial charge is 0.483 e. The summed E-state index contributed by atoms with van der Waals surface area (Å²) in [5.41, 5.74) is 0.722. The van der Waals surface area contributed by atoms with E-state index in [4.69, 9.17) is 9.84 Å². The molecule has 34 heavy (non-hydrogen) atoms. The molecule has 0 aromatic heterocycles. The molecule has 8 nitrogen and oxygen atoms in total. The van der Waals surface area contributed by atoms with E-state index in [1.54, 1.807) is 30.3 Å². The van der Waals surface area contributed by atoms with Crippen LogP contribution in [0.3, 0.4) is 0 Å². The van der Waals surface area contributed by atoms with Crippen LogP contribution in [-0.4, -0.2) is 29.5 Å². The Balaban J connectivity index is 1.70. The van der Waals surface area contributed by atoms with Crippen molar-refractivity contribution >= 4 is 35.2 Å². The van der Waals surface area contributed by atoms with Gasteiger partial charge in [-0.15, -0.1) is 0 Å². The smallest absolute Gasteiger partial charge is 0.335 e. The Bertz CT molecular complexity index is 1300. The number of hydrogen-bond acceptors (Lipinski definition) is 5. The van der Waals surface area contributed by atoms with Gasteiger partial charge in [0, 0.05) is 16.9 Å². The summed E-state index contributed by atoms with van der Waals surface area (Å²) in [7, 11) is 0. The molecular formula is C25H18FN3O5. The monoisotopic (exact) mass is 459 g/mol. The number of para-hydroxylation sites is 1. The van der Waals surface area contributed by atoms with E-state index in [9.17, 15) is 24.0 Å². The zero-order chi connectivity index (χ0) is 24.5. The van der Waals surface area contributed by atoms with Gasteiger partial charge in [-0.1, -0.05) is 24.3 Å². The zero-order valence-electron chi connectivity index (χ0n) is 17.6. The van der Waals surface area contributed by atoms with Crippen LogP contribution in [0.25, 0.3) is 6.08 Å². The van der Waals surface area contributed by atoms with E-state index in [0.717, 1.165) is 0 Å². The van der Waals surface area contributed by atoms with Gasteiger partial charge in [0.1, 0.15) is 23.2 Å². The summed E-state index contributed by atoms with van der Waals surface area (Å²) in [5.74, 6) is -2.55. The van der Waals surface area contributed by atoms with E-state index in [0.29, 0.717) is 11.3 Å². The van der Waals surface area contributed by atoms with Crippen LogP contribution in [-0.2, 0) is 9.59 Å². The van der Waals surface area contributed by atoms with Crippen LogP contribution < -0.4 is 15.4 Å². The van der Waals surface area contributed by atoms with Gasteiger partial charge in [-0.3, -0.25) is 9.59 Å². The lowest BCUT2D eigenvalue weighted by atomic mass is 10.1. The molecule has 3 rings (SSSR count). The molecule has 9 heteroatoms. The second-order valence-corrected chi connectivity index (χ2v) is 6.89. The molecule has 0 bridgehead atoms. The second kappa shape index (κ2) is 11.1. The second-order valence-electron chi connectivity index (χ2n) is 6.89. The minimum absolute atomic E-state index is 0.0158. The minimum Gasteiger partial charge on any atom is -0.483 e. The number of ether oxygens (including phenoxy) is 1. The van der Waals surface area contributed by atoms with Crippen LogP contribution in [0, 0.1) is 17.1 Å². The van der Waals surface area contributed by atoms with E-state index in [2.05, 4.69) is 10.6 Å². The third kappa shape index (κ3) is 6.51. The molecule has 0 aliphatic rings. The lowest BCUT2D eigenvalue weighted by Crippen LogP contribution is -2.20. The first-order valence-corrected chi connectivity index (χ1v) is 9.89. The Morgan fingerprint density at radius 3 is 2.41 bits per heavy atom. The summed E-state index contributed by atoms with van der Waals surface area (Å²) in [6, 6.07) is 19.2. The number of nitrogens with zero attached hydrogens (tertiary/aromatic N) is 1. The molecule has 0 saturated heterocycles. The normalized spacial score (nSPS) is 10.6. The maximum absolute atomic E-state index is 13.0. The van der Waals surface area contributed by atoms with Crippen LogP contribution in [0.15, 0.2) is 78.4 Å². The first-order chi connectivity index (χ1) is 16.4. The fourth-order valence-electron chi connectivity index (χ4n) is 2.84. The van der Waals surface area contributed by atoms with E-state index >= 15 is 0 Å². The lowest BCUT2D eigenvalue weighted by Gasteiger charge is -2.10. The molecule has 0 fully saturated rings. The molecule has 0 spiro atoms. The number of hydrogen-bond donors (Lipinski definition) is 3. The van der Waals surface area contributed by atoms with Crippen LogP contribution in [0.2, 0.25) is 0 Å². The molecule has 3 aromatic rings. The van der Waals surface area contributed by atoms with Crippen molar-refractivity contribution in [1.29, 1.82) is 5.26 Å². The van der Waals surface area contributed by atoms with E-state index in [1.807, 2.05) is 0 Å². The predicted octanol–water partition coefficient (Wildman–Crippen LogP) is 4.09. The van der Waals surface area contributed by atoms with Crippen molar-refractivity contribution in [2.75, 3.05) is 17.2 Å². The van der Waals surface area contributed by atoms with Crippen LogP contribution in [0.4, 0.5) is 15.8 Å². The number of nitrogens with one attached hydrogen (secondary N) is 2. The molecule has 0 atom stereocenters. The van der Waals surface area contributed by atoms with Gasteiger partial charge in [-0.2, -0.15) is 5.26 Å². The first kappa shape index (κ1) is 23.7. The Kier molecular flexibility index (Phi) is 7.71. The zero-order valence-corrected chi connectivity index (χ0v) is 17.6. The Labute approximate surface area is 193 Å². The van der Waals surface area contributed by atoms with Gasteiger partial charge >= 0.3 is 5.97 Å². The highest BCUT2D eigenvalue weighted by molar-refractivity contribution is 6.10. The summed E-state index contributed by atoms with van der Waals surface area (Å²) in [5, 5.41) is 23.6. The average molecular weight is 459 g/mol. The van der Waals surface area contributed by atoms with Crippen molar-refractivity contribution in [3.05, 3.63) is 95.3 Å². The quantitative estimate of drug-likeness (QED) is 0.344. The Hall–Kier alpha value is -4.97. The highest BCUT2D eigenvalue weighted by Crippen LogP contribution is 2.22. The van der Waals surface area contributed by atoms with E-state index in [1.165, 1.54) is 54.6 Å². The van der Waals surface area contributed by atoms with Crippen LogP contribution in [0.5, 0.6) is 5.75 Å². The SMILES string of the molecule is N#C/C(=C/c1ccccc1OCC(=O)Nc1ccc(F)cc1)C(=O)Nc1cccc(C(=O)O)c1. The fourth-order valence-corrected chi connectivity index (χ4v) is 2.84. The molecular weight excluding hydrogens is 441 g/mol. The van der Waals surface area contributed by atoms with Crippen LogP contribution in [0.1, 0.15) is 15.9 Å². The predicted molar refractivity (Wildman–Crippen MR) is 123 cm³/mol. The average Bonchev–Trinajstić information content (AvgIpc) is 2.83. The number of amides is 2. The van der Waals surface area contributed by atoms with Crippen molar-refractivity contribution in [2.24, 2.45) is 0 Å². The number of carboxylic acids is 1. The number of carboxylic acid groups (broad SMARTS) is 1. The summed E-state index contributed by atoms with van der Waals surface area (Å²) < 4.78 is 18.5. The number of rotatable bonds is 8. The van der Waals surface area contributed by atoms with Gasteiger partial charge in [-0.05, 0) is 54.6 Å². The molecule has 0 unspecified atom stereocenters. The van der Waals surface area contributed by atoms with Crippen molar-refractivity contribution in [2.45, 2.75) is 0 Å². The van der Waals surface area contributed by atoms with Gasteiger partial charge in [0.25, 0.3) is 11.8 Å². The molecule has 0 radical (unpaired) electrons.